The van der Waals surface area contributed by atoms with E-state index in [0.717, 1.165) is 43.2 Å². The first-order valence-corrected chi connectivity index (χ1v) is 24.0. The zero-order valence-electron chi connectivity index (χ0n) is 33.8. The van der Waals surface area contributed by atoms with Crippen molar-refractivity contribution in [2.45, 2.75) is 263 Å². The summed E-state index contributed by atoms with van der Waals surface area (Å²) in [5.74, 6) is 0. The first-order chi connectivity index (χ1) is 24.5. The van der Waals surface area contributed by atoms with Crippen molar-refractivity contribution in [3.8, 4) is 0 Å². The second-order valence-electron chi connectivity index (χ2n) is 15.9. The standard InChI is InChI=1S/C46H86O3S/c1-3-5-7-9-11-13-15-17-19-21-23-25-27-29-31-33-35-37-40-44-41-39-43-46(50(47,48)49)45(44)42-38-36-34-32-30-28-26-24-22-20-18-16-14-12-10-8-6-4-2/h39,41,43H,3-38,40,42H2,1-2H3,(H,47,48,49). The van der Waals surface area contributed by atoms with Crippen molar-refractivity contribution in [3.63, 3.8) is 0 Å². The van der Waals surface area contributed by atoms with Crippen LogP contribution in [0, 0.1) is 0 Å². The van der Waals surface area contributed by atoms with E-state index in [1.165, 1.54) is 212 Å². The predicted molar refractivity (Wildman–Crippen MR) is 221 cm³/mol. The van der Waals surface area contributed by atoms with Gasteiger partial charge in [0.15, 0.2) is 0 Å². The minimum atomic E-state index is -4.19. The SMILES string of the molecule is CCCCCCCCCCCCCCCCCCCCc1cccc(S(=O)(=O)O)c1CCCCCCCCCCCCCCCCCCCC. The molecule has 1 rings (SSSR count). The molecule has 0 heterocycles. The van der Waals surface area contributed by atoms with Gasteiger partial charge < -0.3 is 0 Å². The third-order valence-corrected chi connectivity index (χ3v) is 12.0. The molecular weight excluding hydrogens is 633 g/mol. The molecule has 0 radical (unpaired) electrons. The van der Waals surface area contributed by atoms with Crippen LogP contribution in [0.15, 0.2) is 23.1 Å². The summed E-state index contributed by atoms with van der Waals surface area (Å²) in [6.07, 6.45) is 50.6. The van der Waals surface area contributed by atoms with Crippen molar-refractivity contribution in [1.29, 1.82) is 0 Å². The quantitative estimate of drug-likeness (QED) is 0.0544. The Balaban J connectivity index is 2.09. The second kappa shape index (κ2) is 35.2. The second-order valence-corrected chi connectivity index (χ2v) is 17.3. The summed E-state index contributed by atoms with van der Waals surface area (Å²) in [4.78, 5) is 0.143. The van der Waals surface area contributed by atoms with Crippen molar-refractivity contribution < 1.29 is 13.0 Å². The molecule has 0 unspecified atom stereocenters. The molecule has 0 atom stereocenters. The Kier molecular flexibility index (Phi) is 33.2. The Morgan fingerprint density at radius 3 is 0.920 bits per heavy atom. The monoisotopic (exact) mass is 719 g/mol. The number of hydrogen-bond acceptors (Lipinski definition) is 2. The van der Waals surface area contributed by atoms with E-state index in [1.807, 2.05) is 6.07 Å². The molecule has 0 aromatic heterocycles. The molecule has 0 spiro atoms. The Bertz CT molecular complexity index is 956. The van der Waals surface area contributed by atoms with Gasteiger partial charge in [-0.2, -0.15) is 8.42 Å². The average molecular weight is 719 g/mol. The van der Waals surface area contributed by atoms with Gasteiger partial charge >= 0.3 is 0 Å². The van der Waals surface area contributed by atoms with Crippen LogP contribution in [0.3, 0.4) is 0 Å². The minimum absolute atomic E-state index is 0.143. The maximum Gasteiger partial charge on any atom is 0.294 e. The Hall–Kier alpha value is -0.870. The molecule has 0 fully saturated rings. The number of aryl methyl sites for hydroxylation is 1. The Morgan fingerprint density at radius 1 is 0.380 bits per heavy atom. The van der Waals surface area contributed by atoms with Gasteiger partial charge in [0.1, 0.15) is 0 Å². The van der Waals surface area contributed by atoms with Crippen molar-refractivity contribution in [1.82, 2.24) is 0 Å². The molecule has 294 valence electrons. The van der Waals surface area contributed by atoms with Gasteiger partial charge in [0.2, 0.25) is 0 Å². The highest BCUT2D eigenvalue weighted by Crippen LogP contribution is 2.25. The number of benzene rings is 1. The van der Waals surface area contributed by atoms with Crippen LogP contribution in [0.1, 0.15) is 256 Å². The molecular formula is C46H86O3S. The van der Waals surface area contributed by atoms with E-state index in [9.17, 15) is 13.0 Å². The zero-order valence-corrected chi connectivity index (χ0v) is 34.6. The lowest BCUT2D eigenvalue weighted by molar-refractivity contribution is 0.481. The molecule has 0 amide bonds. The van der Waals surface area contributed by atoms with E-state index in [2.05, 4.69) is 19.9 Å². The lowest BCUT2D eigenvalue weighted by atomic mass is 9.96. The summed E-state index contributed by atoms with van der Waals surface area (Å²) in [6, 6.07) is 5.50. The van der Waals surface area contributed by atoms with E-state index in [0.29, 0.717) is 0 Å². The Labute approximate surface area is 314 Å². The van der Waals surface area contributed by atoms with Crippen LogP contribution < -0.4 is 0 Å². The topological polar surface area (TPSA) is 54.4 Å². The van der Waals surface area contributed by atoms with Crippen LogP contribution in [0.2, 0.25) is 0 Å². The summed E-state index contributed by atoms with van der Waals surface area (Å²) >= 11 is 0. The first kappa shape index (κ1) is 47.2. The van der Waals surface area contributed by atoms with Gasteiger partial charge in [0.05, 0.1) is 4.90 Å². The largest absolute Gasteiger partial charge is 0.294 e. The maximum atomic E-state index is 12.2. The van der Waals surface area contributed by atoms with Crippen molar-refractivity contribution in [2.24, 2.45) is 0 Å². The molecule has 0 aliphatic heterocycles. The van der Waals surface area contributed by atoms with Gasteiger partial charge in [-0.25, -0.2) is 0 Å². The van der Waals surface area contributed by atoms with Gasteiger partial charge in [0, 0.05) is 0 Å². The maximum absolute atomic E-state index is 12.2. The molecule has 1 aromatic rings. The van der Waals surface area contributed by atoms with Crippen LogP contribution in [0.4, 0.5) is 0 Å². The zero-order chi connectivity index (χ0) is 36.2. The van der Waals surface area contributed by atoms with Crippen LogP contribution in [0.25, 0.3) is 0 Å². The number of rotatable bonds is 39. The summed E-state index contributed by atoms with van der Waals surface area (Å²) in [7, 11) is -4.19. The molecule has 1 aromatic carbocycles. The number of hydrogen-bond donors (Lipinski definition) is 1. The molecule has 1 N–H and O–H groups in total. The van der Waals surface area contributed by atoms with Crippen molar-refractivity contribution in [3.05, 3.63) is 29.3 Å². The lowest BCUT2D eigenvalue weighted by Gasteiger charge is -2.14. The van der Waals surface area contributed by atoms with Crippen LogP contribution in [-0.4, -0.2) is 13.0 Å². The summed E-state index contributed by atoms with van der Waals surface area (Å²) in [6.45, 7) is 4.58. The van der Waals surface area contributed by atoms with E-state index >= 15 is 0 Å². The molecule has 0 saturated heterocycles. The third-order valence-electron chi connectivity index (χ3n) is 11.1. The fourth-order valence-corrected chi connectivity index (χ4v) is 8.59. The predicted octanol–water partition coefficient (Wildman–Crippen LogP) is 16.1. The molecule has 0 aliphatic rings. The average Bonchev–Trinajstić information content (AvgIpc) is 3.10. The first-order valence-electron chi connectivity index (χ1n) is 22.6. The van der Waals surface area contributed by atoms with Crippen molar-refractivity contribution in [2.75, 3.05) is 0 Å². The van der Waals surface area contributed by atoms with E-state index in [-0.39, 0.29) is 4.90 Å². The van der Waals surface area contributed by atoms with E-state index in [4.69, 9.17) is 0 Å². The molecule has 0 bridgehead atoms. The normalized spacial score (nSPS) is 11.9. The fraction of sp³-hybridized carbons (Fsp3) is 0.870. The van der Waals surface area contributed by atoms with Gasteiger partial charge in [-0.3, -0.25) is 4.55 Å². The smallest absolute Gasteiger partial charge is 0.282 e. The molecule has 4 heteroatoms. The Morgan fingerprint density at radius 2 is 0.640 bits per heavy atom. The van der Waals surface area contributed by atoms with Crippen LogP contribution in [0.5, 0.6) is 0 Å². The van der Waals surface area contributed by atoms with Gasteiger partial charge in [-0.1, -0.05) is 244 Å². The van der Waals surface area contributed by atoms with Crippen molar-refractivity contribution >= 4 is 10.1 Å². The van der Waals surface area contributed by atoms with Gasteiger partial charge in [-0.15, -0.1) is 0 Å². The molecule has 0 saturated carbocycles. The molecule has 3 nitrogen and oxygen atoms in total. The number of unbranched alkanes of at least 4 members (excludes halogenated alkanes) is 34. The van der Waals surface area contributed by atoms with E-state index in [1.54, 1.807) is 6.07 Å². The summed E-state index contributed by atoms with van der Waals surface area (Å²) in [5, 5.41) is 0. The van der Waals surface area contributed by atoms with Crippen LogP contribution >= 0.6 is 0 Å². The highest BCUT2D eigenvalue weighted by Gasteiger charge is 2.18. The summed E-state index contributed by atoms with van der Waals surface area (Å²) < 4.78 is 34.3. The minimum Gasteiger partial charge on any atom is -0.282 e. The van der Waals surface area contributed by atoms with Gasteiger partial charge in [0.25, 0.3) is 10.1 Å². The molecule has 0 aliphatic carbocycles. The summed E-state index contributed by atoms with van der Waals surface area (Å²) in [5.41, 5.74) is 2.00. The van der Waals surface area contributed by atoms with E-state index < -0.39 is 10.1 Å². The highest BCUT2D eigenvalue weighted by molar-refractivity contribution is 7.85. The van der Waals surface area contributed by atoms with Crippen LogP contribution in [-0.2, 0) is 23.0 Å². The van der Waals surface area contributed by atoms with Gasteiger partial charge in [-0.05, 0) is 42.9 Å². The molecule has 50 heavy (non-hydrogen) atoms. The lowest BCUT2D eigenvalue weighted by Crippen LogP contribution is -2.07. The highest BCUT2D eigenvalue weighted by atomic mass is 32.2. The fourth-order valence-electron chi connectivity index (χ4n) is 7.79. The third kappa shape index (κ3) is 28.7.